The van der Waals surface area contributed by atoms with Gasteiger partial charge in [0.25, 0.3) is 0 Å². The maximum absolute atomic E-state index is 10.0. The summed E-state index contributed by atoms with van der Waals surface area (Å²) in [6.45, 7) is 4.93. The molecule has 2 aromatic carbocycles. The molecule has 1 aromatic heterocycles. The van der Waals surface area contributed by atoms with Gasteiger partial charge in [-0.3, -0.25) is 9.78 Å². The molecular formula is C26H29ClN2O3. The fourth-order valence-corrected chi connectivity index (χ4v) is 4.05. The number of para-hydroxylation sites is 1. The molecule has 6 heteroatoms. The summed E-state index contributed by atoms with van der Waals surface area (Å²) in [5.74, 6) is 1.42. The van der Waals surface area contributed by atoms with Gasteiger partial charge in [-0.25, -0.2) is 0 Å². The number of halogens is 1. The number of aromatic nitrogens is 1. The first-order valence-corrected chi connectivity index (χ1v) is 11.1. The van der Waals surface area contributed by atoms with E-state index in [1.807, 2.05) is 25.1 Å². The van der Waals surface area contributed by atoms with Crippen LogP contribution in [0, 0.1) is 0 Å². The van der Waals surface area contributed by atoms with Crippen LogP contribution in [0.5, 0.6) is 5.75 Å². The van der Waals surface area contributed by atoms with E-state index in [2.05, 4.69) is 41.2 Å². The molecule has 4 rings (SSSR count). The molecule has 5 nitrogen and oxygen atoms in total. The molecule has 0 radical (unpaired) electrons. The van der Waals surface area contributed by atoms with Crippen LogP contribution in [0.15, 0.2) is 60.8 Å². The van der Waals surface area contributed by atoms with Crippen molar-refractivity contribution in [2.24, 2.45) is 0 Å². The second-order valence-electron chi connectivity index (χ2n) is 7.77. The molecule has 1 N–H and O–H groups in total. The number of hydrogen-bond donors (Lipinski definition) is 1. The minimum atomic E-state index is 0.0835. The second-order valence-corrected chi connectivity index (χ2v) is 8.20. The molecule has 1 atom stereocenters. The summed E-state index contributed by atoms with van der Waals surface area (Å²) >= 11 is 5.49. The molecule has 1 aliphatic heterocycles. The van der Waals surface area contributed by atoms with Gasteiger partial charge in [0, 0.05) is 18.3 Å². The number of aliphatic hydroxyl groups is 1. The highest BCUT2D eigenvalue weighted by molar-refractivity contribution is 6.30. The van der Waals surface area contributed by atoms with Crippen LogP contribution in [0.4, 0.5) is 0 Å². The van der Waals surface area contributed by atoms with Crippen molar-refractivity contribution in [3.05, 3.63) is 82.6 Å². The van der Waals surface area contributed by atoms with Gasteiger partial charge in [0.1, 0.15) is 11.4 Å². The van der Waals surface area contributed by atoms with Crippen molar-refractivity contribution in [1.29, 1.82) is 0 Å². The summed E-state index contributed by atoms with van der Waals surface area (Å²) in [5, 5.41) is 10.4. The molecule has 1 fully saturated rings. The predicted molar refractivity (Wildman–Crippen MR) is 128 cm³/mol. The summed E-state index contributed by atoms with van der Waals surface area (Å²) in [6.07, 6.45) is 3.28. The Morgan fingerprint density at radius 1 is 1.22 bits per heavy atom. The smallest absolute Gasteiger partial charge is 0.168 e. The van der Waals surface area contributed by atoms with Gasteiger partial charge in [0.15, 0.2) is 6.29 Å². The average molecular weight is 453 g/mol. The molecule has 1 saturated heterocycles. The van der Waals surface area contributed by atoms with E-state index in [1.54, 1.807) is 12.1 Å². The molecule has 2 heterocycles. The number of rotatable bonds is 6. The largest absolute Gasteiger partial charge is 0.493 e. The zero-order valence-corrected chi connectivity index (χ0v) is 19.3. The van der Waals surface area contributed by atoms with Gasteiger partial charge in [-0.15, -0.1) is 0 Å². The van der Waals surface area contributed by atoms with Gasteiger partial charge < -0.3 is 14.7 Å². The summed E-state index contributed by atoms with van der Waals surface area (Å²) in [5.41, 5.74) is 4.91. The van der Waals surface area contributed by atoms with E-state index in [1.165, 1.54) is 18.2 Å². The summed E-state index contributed by atoms with van der Waals surface area (Å²) in [4.78, 5) is 16.1. The van der Waals surface area contributed by atoms with Gasteiger partial charge in [0.05, 0.1) is 18.2 Å². The summed E-state index contributed by atoms with van der Waals surface area (Å²) < 4.78 is 5.74. The van der Waals surface area contributed by atoms with Crippen LogP contribution in [-0.2, 0) is 6.61 Å². The Bertz CT molecular complexity index is 1020. The molecular weight excluding hydrogens is 424 g/mol. The number of likely N-dealkylation sites (N-methyl/N-ethyl adjacent to an activating group) is 1. The fourth-order valence-electron chi connectivity index (χ4n) is 3.94. The lowest BCUT2D eigenvalue weighted by Gasteiger charge is -2.17. The third-order valence-electron chi connectivity index (χ3n) is 5.51. The van der Waals surface area contributed by atoms with Gasteiger partial charge in [-0.2, -0.15) is 0 Å². The molecule has 168 valence electrons. The highest BCUT2D eigenvalue weighted by Crippen LogP contribution is 2.35. The van der Waals surface area contributed by atoms with Gasteiger partial charge >= 0.3 is 0 Å². The number of pyridine rings is 1. The lowest BCUT2D eigenvalue weighted by Crippen LogP contribution is -2.14. The van der Waals surface area contributed by atoms with E-state index >= 15 is 0 Å². The van der Waals surface area contributed by atoms with Crippen LogP contribution in [0.1, 0.15) is 40.9 Å². The van der Waals surface area contributed by atoms with Crippen molar-refractivity contribution in [3.8, 4) is 16.9 Å². The van der Waals surface area contributed by atoms with Gasteiger partial charge in [-0.1, -0.05) is 41.9 Å². The number of ether oxygens (including phenoxy) is 1. The second kappa shape index (κ2) is 11.8. The number of aldehydes is 1. The molecule has 0 amide bonds. The maximum Gasteiger partial charge on any atom is 0.168 e. The van der Waals surface area contributed by atoms with E-state index in [9.17, 15) is 9.90 Å². The normalized spacial score (nSPS) is 15.7. The number of likely N-dealkylation sites (tertiary alicyclic amines) is 1. The highest BCUT2D eigenvalue weighted by atomic mass is 35.5. The molecule has 1 aliphatic rings. The number of hydrogen-bond acceptors (Lipinski definition) is 5. The monoisotopic (exact) mass is 452 g/mol. The van der Waals surface area contributed by atoms with Crippen LogP contribution in [0.3, 0.4) is 0 Å². The molecule has 0 bridgehead atoms. The number of benzene rings is 2. The van der Waals surface area contributed by atoms with Crippen molar-refractivity contribution in [3.63, 3.8) is 0 Å². The van der Waals surface area contributed by atoms with Crippen LogP contribution in [0.2, 0.25) is 5.02 Å². The maximum atomic E-state index is 10.0. The zero-order valence-electron chi connectivity index (χ0n) is 18.5. The molecule has 0 spiro atoms. The Morgan fingerprint density at radius 3 is 2.66 bits per heavy atom. The third-order valence-corrected chi connectivity index (χ3v) is 5.74. The molecule has 0 saturated carbocycles. The van der Waals surface area contributed by atoms with Crippen molar-refractivity contribution in [2.75, 3.05) is 26.7 Å². The van der Waals surface area contributed by atoms with Crippen molar-refractivity contribution >= 4 is 17.9 Å². The van der Waals surface area contributed by atoms with E-state index < -0.39 is 0 Å². The van der Waals surface area contributed by atoms with E-state index in [4.69, 9.17) is 16.3 Å². The first-order chi connectivity index (χ1) is 15.5. The predicted octanol–water partition coefficient (Wildman–Crippen LogP) is 5.21. The average Bonchev–Trinajstić information content (AvgIpc) is 3.26. The lowest BCUT2D eigenvalue weighted by molar-refractivity contribution is 0.111. The molecule has 32 heavy (non-hydrogen) atoms. The van der Waals surface area contributed by atoms with Crippen LogP contribution >= 0.6 is 11.6 Å². The SMILES string of the molecule is CCOc1ccccc1-c1ccc(C2CCN(C)C2)c(CO)c1.O=Cc1ccc(Cl)cn1. The van der Waals surface area contributed by atoms with Crippen molar-refractivity contribution < 1.29 is 14.6 Å². The zero-order chi connectivity index (χ0) is 22.9. The molecule has 0 aliphatic carbocycles. The minimum absolute atomic E-state index is 0.0835. The summed E-state index contributed by atoms with van der Waals surface area (Å²) in [6, 6.07) is 17.7. The third kappa shape index (κ3) is 6.16. The quantitative estimate of drug-likeness (QED) is 0.520. The standard InChI is InChI=1S/C20H25NO2.C6H4ClNO/c1-3-23-20-7-5-4-6-19(20)15-8-9-18(17(12-15)14-22)16-10-11-21(2)13-16;7-5-1-2-6(4-9)8-3-5/h4-9,12,16,22H,3,10-11,13-14H2,1-2H3;1-4H. The number of nitrogens with zero attached hydrogens (tertiary/aromatic N) is 2. The van der Waals surface area contributed by atoms with Crippen LogP contribution < -0.4 is 4.74 Å². The lowest BCUT2D eigenvalue weighted by atomic mass is 9.90. The fraction of sp³-hybridized carbons (Fsp3) is 0.308. The molecule has 1 unspecified atom stereocenters. The highest BCUT2D eigenvalue weighted by Gasteiger charge is 2.23. The van der Waals surface area contributed by atoms with Crippen LogP contribution in [-0.4, -0.2) is 48.0 Å². The Kier molecular flexibility index (Phi) is 8.80. The Hall–Kier alpha value is -2.73. The molecule has 3 aromatic rings. The number of carbonyl (C=O) groups excluding carboxylic acids is 1. The Morgan fingerprint density at radius 2 is 2.03 bits per heavy atom. The van der Waals surface area contributed by atoms with E-state index in [-0.39, 0.29) is 6.61 Å². The minimum Gasteiger partial charge on any atom is -0.493 e. The number of carbonyl (C=O) groups is 1. The van der Waals surface area contributed by atoms with Crippen molar-refractivity contribution in [2.45, 2.75) is 25.9 Å². The van der Waals surface area contributed by atoms with Crippen molar-refractivity contribution in [1.82, 2.24) is 9.88 Å². The Labute approximate surface area is 194 Å². The topological polar surface area (TPSA) is 62.7 Å². The van der Waals surface area contributed by atoms with Gasteiger partial charge in [-0.05, 0) is 73.8 Å². The Balaban J connectivity index is 0.000000269. The number of aliphatic hydroxyl groups excluding tert-OH is 1. The summed E-state index contributed by atoms with van der Waals surface area (Å²) in [7, 11) is 2.16. The first-order valence-electron chi connectivity index (χ1n) is 10.8. The van der Waals surface area contributed by atoms with E-state index in [0.29, 0.717) is 29.5 Å². The van der Waals surface area contributed by atoms with Crippen LogP contribution in [0.25, 0.3) is 11.1 Å². The van der Waals surface area contributed by atoms with Gasteiger partial charge in [0.2, 0.25) is 0 Å². The van der Waals surface area contributed by atoms with E-state index in [0.717, 1.165) is 35.5 Å². The first kappa shape index (κ1) is 23.9.